The summed E-state index contributed by atoms with van der Waals surface area (Å²) in [4.78, 5) is 1.16. The van der Waals surface area contributed by atoms with Crippen LogP contribution in [0.2, 0.25) is 0 Å². The van der Waals surface area contributed by atoms with E-state index in [1.165, 1.54) is 0 Å². The molecule has 1 aromatic heterocycles. The number of benzene rings is 1. The Balaban J connectivity index is 2.20. The van der Waals surface area contributed by atoms with E-state index in [0.29, 0.717) is 5.88 Å². The summed E-state index contributed by atoms with van der Waals surface area (Å²) in [6, 6.07) is 10.4. The highest BCUT2D eigenvalue weighted by Gasteiger charge is 2.42. The van der Waals surface area contributed by atoms with Crippen LogP contribution in [0.15, 0.2) is 29.2 Å². The van der Waals surface area contributed by atoms with Gasteiger partial charge >= 0.3 is 0 Å². The topological polar surface area (TPSA) is 85.5 Å². The molecule has 2 heterocycles. The first-order valence-corrected chi connectivity index (χ1v) is 8.98. The number of hydrogen-bond acceptors (Lipinski definition) is 5. The van der Waals surface area contributed by atoms with Crippen LogP contribution in [0.3, 0.4) is 0 Å². The zero-order valence-electron chi connectivity index (χ0n) is 14.2. The molecular formula is C18H20N4OS. The summed E-state index contributed by atoms with van der Waals surface area (Å²) in [5.74, 6) is -0.544. The third-order valence-corrected chi connectivity index (χ3v) is 5.01. The summed E-state index contributed by atoms with van der Waals surface area (Å²) < 4.78 is 5.52. The highest BCUT2D eigenvalue weighted by molar-refractivity contribution is 7.98. The Morgan fingerprint density at radius 2 is 1.96 bits per heavy atom. The van der Waals surface area contributed by atoms with Crippen molar-refractivity contribution in [3.8, 4) is 11.9 Å². The summed E-state index contributed by atoms with van der Waals surface area (Å²) in [7, 11) is 0. The maximum absolute atomic E-state index is 9.65. The van der Waals surface area contributed by atoms with Gasteiger partial charge in [-0.1, -0.05) is 32.9 Å². The molecule has 3 rings (SSSR count). The van der Waals surface area contributed by atoms with E-state index in [9.17, 15) is 5.26 Å². The van der Waals surface area contributed by atoms with Crippen molar-refractivity contribution in [2.75, 3.05) is 6.26 Å². The maximum Gasteiger partial charge on any atom is 0.243 e. The molecule has 2 N–H and O–H groups in total. The van der Waals surface area contributed by atoms with Crippen LogP contribution in [-0.2, 0) is 5.41 Å². The fraction of sp³-hybridized carbons (Fsp3) is 0.389. The van der Waals surface area contributed by atoms with Crippen LogP contribution in [0.1, 0.15) is 43.5 Å². The molecular weight excluding hydrogens is 320 g/mol. The van der Waals surface area contributed by atoms with Gasteiger partial charge in [-0.05, 0) is 24.0 Å². The molecule has 0 radical (unpaired) electrons. The van der Waals surface area contributed by atoms with Crippen molar-refractivity contribution in [1.82, 2.24) is 10.2 Å². The van der Waals surface area contributed by atoms with Crippen LogP contribution in [0.25, 0.3) is 0 Å². The van der Waals surface area contributed by atoms with Crippen molar-refractivity contribution in [1.29, 1.82) is 10.7 Å². The molecule has 6 heteroatoms. The van der Waals surface area contributed by atoms with E-state index < -0.39 is 5.92 Å². The smallest absolute Gasteiger partial charge is 0.243 e. The van der Waals surface area contributed by atoms with E-state index in [0.717, 1.165) is 21.7 Å². The number of thioether (sulfide) groups is 1. The molecule has 2 atom stereocenters. The summed E-state index contributed by atoms with van der Waals surface area (Å²) >= 11 is 1.68. The predicted molar refractivity (Wildman–Crippen MR) is 94.8 cm³/mol. The number of nitrogens with zero attached hydrogens (tertiary/aromatic N) is 2. The van der Waals surface area contributed by atoms with Gasteiger partial charge in [0.2, 0.25) is 11.8 Å². The number of fused-ring (bicyclic) bond motifs is 1. The Kier molecular flexibility index (Phi) is 4.14. The van der Waals surface area contributed by atoms with Crippen molar-refractivity contribution in [2.24, 2.45) is 5.92 Å². The normalized spacial score (nSPS) is 20.2. The average Bonchev–Trinajstić information content (AvgIpc) is 2.97. The Hall–Kier alpha value is -2.26. The Morgan fingerprint density at radius 3 is 2.50 bits per heavy atom. The summed E-state index contributed by atoms with van der Waals surface area (Å²) in [6.45, 7) is 6.28. The fourth-order valence-corrected chi connectivity index (χ4v) is 3.47. The first kappa shape index (κ1) is 16.6. The van der Waals surface area contributed by atoms with Crippen LogP contribution in [-0.4, -0.2) is 22.4 Å². The largest absolute Gasteiger partial charge is 0.422 e. The molecule has 0 spiro atoms. The van der Waals surface area contributed by atoms with E-state index in [4.69, 9.17) is 10.1 Å². The monoisotopic (exact) mass is 340 g/mol. The summed E-state index contributed by atoms with van der Waals surface area (Å²) in [6.07, 6.45) is 2.03. The quantitative estimate of drug-likeness (QED) is 0.807. The number of nitriles is 1. The minimum atomic E-state index is -0.656. The molecule has 0 amide bonds. The van der Waals surface area contributed by atoms with Crippen molar-refractivity contribution in [3.63, 3.8) is 0 Å². The average molecular weight is 340 g/mol. The van der Waals surface area contributed by atoms with Gasteiger partial charge in [0.1, 0.15) is 5.92 Å². The highest BCUT2D eigenvalue weighted by Crippen LogP contribution is 2.45. The minimum Gasteiger partial charge on any atom is -0.422 e. The van der Waals surface area contributed by atoms with Gasteiger partial charge in [-0.3, -0.25) is 10.5 Å². The molecule has 0 aliphatic carbocycles. The predicted octanol–water partition coefficient (Wildman–Crippen LogP) is 4.07. The lowest BCUT2D eigenvalue weighted by Crippen LogP contribution is -2.32. The number of aromatic amines is 1. The minimum absolute atomic E-state index is 0.0455. The maximum atomic E-state index is 9.65. The van der Waals surface area contributed by atoms with Gasteiger partial charge < -0.3 is 4.74 Å². The number of hydrogen-bond donors (Lipinski definition) is 2. The molecule has 0 bridgehead atoms. The lowest BCUT2D eigenvalue weighted by molar-refractivity contribution is 0.433. The molecule has 2 unspecified atom stereocenters. The van der Waals surface area contributed by atoms with E-state index in [2.05, 4.69) is 37.0 Å². The molecule has 24 heavy (non-hydrogen) atoms. The van der Waals surface area contributed by atoms with Gasteiger partial charge in [0.25, 0.3) is 0 Å². The van der Waals surface area contributed by atoms with E-state index in [1.54, 1.807) is 11.8 Å². The van der Waals surface area contributed by atoms with Gasteiger partial charge in [-0.2, -0.15) is 5.26 Å². The lowest BCUT2D eigenvalue weighted by Gasteiger charge is -2.30. The zero-order valence-corrected chi connectivity index (χ0v) is 15.0. The molecule has 0 saturated heterocycles. The number of rotatable bonds is 2. The van der Waals surface area contributed by atoms with Crippen molar-refractivity contribution >= 4 is 17.7 Å². The SMILES string of the molecule is CSc1ccc(C2c3c(n[nH]c3C(C)(C)C)OC(=N)C2C#N)cc1. The molecule has 0 saturated carbocycles. The van der Waals surface area contributed by atoms with Crippen molar-refractivity contribution < 1.29 is 4.74 Å². The molecule has 5 nitrogen and oxygen atoms in total. The highest BCUT2D eigenvalue weighted by atomic mass is 32.2. The van der Waals surface area contributed by atoms with Crippen LogP contribution in [0, 0.1) is 22.7 Å². The van der Waals surface area contributed by atoms with Crippen LogP contribution in [0.5, 0.6) is 5.88 Å². The number of aromatic nitrogens is 2. The number of ether oxygens (including phenoxy) is 1. The standard InChI is InChI=1S/C18H20N4OS/c1-18(2,3)15-14-13(10-5-7-11(24-4)8-6-10)12(9-19)16(20)23-17(14)22-21-15/h5-8,12-13,20H,1-4H3,(H,21,22). The fourth-order valence-electron chi connectivity index (χ4n) is 3.06. The molecule has 0 fully saturated rings. The first-order chi connectivity index (χ1) is 11.4. The van der Waals surface area contributed by atoms with E-state index in [-0.39, 0.29) is 17.2 Å². The van der Waals surface area contributed by atoms with Gasteiger partial charge in [0.05, 0.1) is 6.07 Å². The van der Waals surface area contributed by atoms with Crippen LogP contribution >= 0.6 is 11.8 Å². The van der Waals surface area contributed by atoms with Crippen molar-refractivity contribution in [2.45, 2.75) is 37.0 Å². The molecule has 1 aliphatic heterocycles. The molecule has 124 valence electrons. The molecule has 1 aromatic carbocycles. The second-order valence-electron chi connectivity index (χ2n) is 6.89. The number of nitrogens with one attached hydrogen (secondary N) is 2. The Labute approximate surface area is 145 Å². The third-order valence-electron chi connectivity index (χ3n) is 4.27. The first-order valence-electron chi connectivity index (χ1n) is 7.75. The molecule has 2 aromatic rings. The third kappa shape index (κ3) is 2.69. The van der Waals surface area contributed by atoms with Gasteiger partial charge in [-0.25, -0.2) is 0 Å². The Bertz CT molecular complexity index is 811. The van der Waals surface area contributed by atoms with E-state index >= 15 is 0 Å². The summed E-state index contributed by atoms with van der Waals surface area (Å²) in [5, 5.41) is 25.1. The van der Waals surface area contributed by atoms with Crippen molar-refractivity contribution in [3.05, 3.63) is 41.1 Å². The van der Waals surface area contributed by atoms with Gasteiger partial charge in [0.15, 0.2) is 0 Å². The zero-order chi connectivity index (χ0) is 17.5. The molecule has 1 aliphatic rings. The van der Waals surface area contributed by atoms with Crippen LogP contribution < -0.4 is 4.74 Å². The Morgan fingerprint density at radius 1 is 1.29 bits per heavy atom. The second-order valence-corrected chi connectivity index (χ2v) is 7.77. The lowest BCUT2D eigenvalue weighted by atomic mass is 9.76. The second kappa shape index (κ2) is 5.99. The number of H-pyrrole nitrogens is 1. The van der Waals surface area contributed by atoms with Crippen LogP contribution in [0.4, 0.5) is 0 Å². The van der Waals surface area contributed by atoms with Gasteiger partial charge in [0, 0.05) is 27.5 Å². The van der Waals surface area contributed by atoms with Gasteiger partial charge in [-0.15, -0.1) is 16.9 Å². The van der Waals surface area contributed by atoms with E-state index in [1.807, 2.05) is 30.5 Å². The summed E-state index contributed by atoms with van der Waals surface area (Å²) in [5.41, 5.74) is 2.67.